The molecule has 13 heteroatoms. The fourth-order valence-corrected chi connectivity index (χ4v) is 6.06. The molecule has 0 spiro atoms. The Hall–Kier alpha value is -1.28. The van der Waals surface area contributed by atoms with Crippen LogP contribution in [0.15, 0.2) is 10.3 Å². The molecular formula is C8H12N4O6S3. The number of sulfonamides is 1. The molecule has 10 nitrogen and oxygen atoms in total. The summed E-state index contributed by atoms with van der Waals surface area (Å²) < 4.78 is 48.1. The molecule has 0 radical (unpaired) electrons. The van der Waals surface area contributed by atoms with E-state index in [0.29, 0.717) is 11.3 Å². The standard InChI is InChI=1S/C8H12N4O6S3/c9-10-8-6(12(13)14)5-7(19-8)21(17,18)11-1-3-20(15,16)4-2-11/h5,10H,1-4,9H2. The smallest absolute Gasteiger partial charge is 0.306 e. The topological polar surface area (TPSA) is 153 Å². The lowest BCUT2D eigenvalue weighted by molar-refractivity contribution is -0.383. The van der Waals surface area contributed by atoms with E-state index in [0.717, 1.165) is 10.4 Å². The number of nitrogens with zero attached hydrogens (tertiary/aromatic N) is 2. The number of nitrogen functional groups attached to an aromatic ring is 1. The molecule has 2 heterocycles. The van der Waals surface area contributed by atoms with Crippen LogP contribution < -0.4 is 11.3 Å². The average molecular weight is 356 g/mol. The van der Waals surface area contributed by atoms with Crippen LogP contribution in [0, 0.1) is 10.1 Å². The van der Waals surface area contributed by atoms with E-state index < -0.39 is 30.5 Å². The molecule has 1 aromatic heterocycles. The van der Waals surface area contributed by atoms with Gasteiger partial charge in [-0.1, -0.05) is 11.3 Å². The van der Waals surface area contributed by atoms with Crippen molar-refractivity contribution < 1.29 is 21.8 Å². The van der Waals surface area contributed by atoms with E-state index in [9.17, 15) is 26.9 Å². The van der Waals surface area contributed by atoms with Gasteiger partial charge in [-0.15, -0.1) is 0 Å². The van der Waals surface area contributed by atoms with Gasteiger partial charge in [0.2, 0.25) is 0 Å². The normalized spacial score (nSPS) is 19.3. The first-order chi connectivity index (χ1) is 9.67. The summed E-state index contributed by atoms with van der Waals surface area (Å²) in [6.07, 6.45) is 0. The zero-order valence-corrected chi connectivity index (χ0v) is 13.0. The van der Waals surface area contributed by atoms with E-state index in [1.807, 2.05) is 0 Å². The van der Waals surface area contributed by atoms with E-state index in [1.165, 1.54) is 0 Å². The number of hydrogen-bond acceptors (Lipinski definition) is 9. The Balaban J connectivity index is 2.34. The number of hydrogen-bond donors (Lipinski definition) is 2. The Kier molecular flexibility index (Phi) is 4.21. The van der Waals surface area contributed by atoms with Crippen LogP contribution in [-0.4, -0.2) is 50.7 Å². The molecule has 0 unspecified atom stereocenters. The second kappa shape index (κ2) is 5.49. The SMILES string of the molecule is NNc1sc(S(=O)(=O)N2CCS(=O)(=O)CC2)cc1[N+](=O)[O-]. The molecule has 1 fully saturated rings. The van der Waals surface area contributed by atoms with Gasteiger partial charge < -0.3 is 5.43 Å². The lowest BCUT2D eigenvalue weighted by atomic mass is 10.5. The number of thiophene rings is 1. The molecular weight excluding hydrogens is 344 g/mol. The van der Waals surface area contributed by atoms with Gasteiger partial charge in [0.1, 0.15) is 4.21 Å². The Morgan fingerprint density at radius 2 is 1.95 bits per heavy atom. The fraction of sp³-hybridized carbons (Fsp3) is 0.500. The number of hydrazine groups is 1. The highest BCUT2D eigenvalue weighted by atomic mass is 32.2. The number of nitrogens with one attached hydrogen (secondary N) is 1. The van der Waals surface area contributed by atoms with Gasteiger partial charge in [0.15, 0.2) is 14.8 Å². The first-order valence-corrected chi connectivity index (χ1v) is 9.70. The first-order valence-electron chi connectivity index (χ1n) is 5.63. The van der Waals surface area contributed by atoms with Crippen LogP contribution in [0.2, 0.25) is 0 Å². The lowest BCUT2D eigenvalue weighted by Crippen LogP contribution is -2.43. The molecule has 0 aliphatic carbocycles. The molecule has 21 heavy (non-hydrogen) atoms. The first kappa shape index (κ1) is 16.1. The maximum atomic E-state index is 12.4. The van der Waals surface area contributed by atoms with Gasteiger partial charge in [0.05, 0.1) is 16.4 Å². The minimum Gasteiger partial charge on any atom is -0.310 e. The zero-order valence-electron chi connectivity index (χ0n) is 10.6. The highest BCUT2D eigenvalue weighted by molar-refractivity contribution is 7.92. The van der Waals surface area contributed by atoms with Gasteiger partial charge in [-0.25, -0.2) is 22.7 Å². The average Bonchev–Trinajstić information content (AvgIpc) is 2.83. The fourth-order valence-electron chi connectivity index (χ4n) is 1.79. The van der Waals surface area contributed by atoms with Crippen LogP contribution in [0.3, 0.4) is 0 Å². The monoisotopic (exact) mass is 356 g/mol. The second-order valence-electron chi connectivity index (χ2n) is 4.24. The quantitative estimate of drug-likeness (QED) is 0.410. The van der Waals surface area contributed by atoms with Crippen molar-refractivity contribution in [2.24, 2.45) is 5.84 Å². The number of nitro groups is 1. The number of anilines is 1. The van der Waals surface area contributed by atoms with E-state index >= 15 is 0 Å². The predicted molar refractivity (Wildman–Crippen MR) is 76.2 cm³/mol. The predicted octanol–water partition coefficient (Wildman–Crippen LogP) is -0.639. The molecule has 0 aromatic carbocycles. The van der Waals surface area contributed by atoms with E-state index in [4.69, 9.17) is 5.84 Å². The second-order valence-corrected chi connectivity index (χ2v) is 9.76. The Bertz CT molecular complexity index is 754. The molecule has 3 N–H and O–H groups in total. The van der Waals surface area contributed by atoms with Crippen LogP contribution in [-0.2, 0) is 19.9 Å². The summed E-state index contributed by atoms with van der Waals surface area (Å²) in [6, 6.07) is 0.915. The van der Waals surface area contributed by atoms with Gasteiger partial charge in [-0.2, -0.15) is 4.31 Å². The van der Waals surface area contributed by atoms with Gasteiger partial charge in [0.25, 0.3) is 10.0 Å². The lowest BCUT2D eigenvalue weighted by Gasteiger charge is -2.25. The van der Waals surface area contributed by atoms with Gasteiger partial charge in [-0.3, -0.25) is 10.1 Å². The molecule has 118 valence electrons. The van der Waals surface area contributed by atoms with Crippen molar-refractivity contribution in [2.45, 2.75) is 4.21 Å². The molecule has 2 rings (SSSR count). The minimum atomic E-state index is -3.97. The van der Waals surface area contributed by atoms with Crippen molar-refractivity contribution in [2.75, 3.05) is 30.0 Å². The molecule has 0 bridgehead atoms. The molecule has 0 amide bonds. The highest BCUT2D eigenvalue weighted by Crippen LogP contribution is 2.37. The van der Waals surface area contributed by atoms with Crippen molar-refractivity contribution in [1.82, 2.24) is 4.31 Å². The summed E-state index contributed by atoms with van der Waals surface area (Å²) in [4.78, 5) is 10.1. The zero-order chi connectivity index (χ0) is 15.8. The summed E-state index contributed by atoms with van der Waals surface area (Å²) in [5.74, 6) is 4.60. The molecule has 1 aliphatic rings. The summed E-state index contributed by atoms with van der Waals surface area (Å²) in [5.41, 5.74) is 1.64. The van der Waals surface area contributed by atoms with Crippen molar-refractivity contribution >= 4 is 41.9 Å². The number of sulfone groups is 1. The van der Waals surface area contributed by atoms with Crippen molar-refractivity contribution in [3.8, 4) is 0 Å². The molecule has 1 saturated heterocycles. The van der Waals surface area contributed by atoms with Crippen molar-refractivity contribution in [3.05, 3.63) is 16.2 Å². The largest absolute Gasteiger partial charge is 0.310 e. The molecule has 0 saturated carbocycles. The van der Waals surface area contributed by atoms with Crippen molar-refractivity contribution in [1.29, 1.82) is 0 Å². The number of rotatable bonds is 4. The van der Waals surface area contributed by atoms with Crippen LogP contribution in [0.4, 0.5) is 10.7 Å². The summed E-state index contributed by atoms with van der Waals surface area (Å²) >= 11 is 0.631. The summed E-state index contributed by atoms with van der Waals surface area (Å²) in [6.45, 7) is -0.330. The molecule has 1 aromatic rings. The van der Waals surface area contributed by atoms with Crippen LogP contribution in [0.25, 0.3) is 0 Å². The Morgan fingerprint density at radius 1 is 1.38 bits per heavy atom. The Labute approximate surface area is 124 Å². The number of nitrogens with two attached hydrogens (primary N) is 1. The van der Waals surface area contributed by atoms with Crippen molar-refractivity contribution in [3.63, 3.8) is 0 Å². The van der Waals surface area contributed by atoms with E-state index in [-0.39, 0.29) is 33.8 Å². The Morgan fingerprint density at radius 3 is 2.38 bits per heavy atom. The molecule has 0 atom stereocenters. The minimum absolute atomic E-state index is 0.0804. The van der Waals surface area contributed by atoms with Crippen LogP contribution >= 0.6 is 11.3 Å². The highest BCUT2D eigenvalue weighted by Gasteiger charge is 2.34. The molecule has 1 aliphatic heterocycles. The summed E-state index contributed by atoms with van der Waals surface area (Å²) in [7, 11) is -7.19. The third-order valence-electron chi connectivity index (χ3n) is 2.92. The third kappa shape index (κ3) is 3.16. The van der Waals surface area contributed by atoms with Crippen LogP contribution in [0.5, 0.6) is 0 Å². The van der Waals surface area contributed by atoms with Gasteiger partial charge >= 0.3 is 5.69 Å². The maximum absolute atomic E-state index is 12.4. The van der Waals surface area contributed by atoms with E-state index in [2.05, 4.69) is 5.43 Å². The van der Waals surface area contributed by atoms with Gasteiger partial charge in [0, 0.05) is 19.2 Å². The maximum Gasteiger partial charge on any atom is 0.306 e. The third-order valence-corrected chi connectivity index (χ3v) is 7.93. The van der Waals surface area contributed by atoms with E-state index in [1.54, 1.807) is 0 Å². The van der Waals surface area contributed by atoms with Gasteiger partial charge in [-0.05, 0) is 0 Å². The summed E-state index contributed by atoms with van der Waals surface area (Å²) in [5, 5.41) is 10.7. The van der Waals surface area contributed by atoms with Crippen LogP contribution in [0.1, 0.15) is 0 Å².